The van der Waals surface area contributed by atoms with Crippen LogP contribution in [0.3, 0.4) is 0 Å². The molecule has 0 aromatic carbocycles. The molecule has 0 saturated carbocycles. The van der Waals surface area contributed by atoms with Gasteiger partial charge in [0.15, 0.2) is 5.69 Å². The van der Waals surface area contributed by atoms with Crippen LogP contribution in [0.4, 0.5) is 5.95 Å². The number of fused-ring (bicyclic) bond motifs is 1. The Bertz CT molecular complexity index is 609. The molecule has 0 saturated heterocycles. The van der Waals surface area contributed by atoms with Crippen molar-refractivity contribution < 1.29 is 9.53 Å². The number of esters is 1. The van der Waals surface area contributed by atoms with Gasteiger partial charge in [-0.1, -0.05) is 11.6 Å². The van der Waals surface area contributed by atoms with Gasteiger partial charge in [-0.05, 0) is 20.8 Å². The summed E-state index contributed by atoms with van der Waals surface area (Å²) in [5, 5.41) is 3.46. The Balaban J connectivity index is 2.48. The van der Waals surface area contributed by atoms with Crippen molar-refractivity contribution in [1.29, 1.82) is 0 Å². The molecule has 0 atom stereocenters. The molecular formula is C12H15ClN4O2. The normalized spacial score (nSPS) is 11.0. The topological polar surface area (TPSA) is 68.5 Å². The van der Waals surface area contributed by atoms with E-state index in [1.54, 1.807) is 23.6 Å². The lowest BCUT2D eigenvalue weighted by molar-refractivity contribution is 0.0520. The summed E-state index contributed by atoms with van der Waals surface area (Å²) in [5.74, 6) is 0.0818. The Labute approximate surface area is 115 Å². The monoisotopic (exact) mass is 282 g/mol. The van der Waals surface area contributed by atoms with Gasteiger partial charge in [0.25, 0.3) is 0 Å². The number of carbonyl (C=O) groups excluding carboxylic acids is 1. The summed E-state index contributed by atoms with van der Waals surface area (Å²) in [6, 6.07) is 1.78. The smallest absolute Gasteiger partial charge is 0.358 e. The zero-order valence-corrected chi connectivity index (χ0v) is 11.7. The predicted octanol–water partition coefficient (Wildman–Crippen LogP) is 2.38. The third-order valence-electron chi connectivity index (χ3n) is 2.32. The molecule has 102 valence electrons. The van der Waals surface area contributed by atoms with E-state index in [0.29, 0.717) is 23.4 Å². The van der Waals surface area contributed by atoms with Crippen LogP contribution < -0.4 is 5.32 Å². The molecule has 7 heteroatoms. The summed E-state index contributed by atoms with van der Waals surface area (Å²) in [4.78, 5) is 20.0. The molecule has 2 aromatic rings. The molecule has 0 spiro atoms. The van der Waals surface area contributed by atoms with Gasteiger partial charge in [0.2, 0.25) is 5.95 Å². The molecule has 2 aromatic heterocycles. The summed E-state index contributed by atoms with van der Waals surface area (Å²) >= 11 is 5.94. The first-order valence-electron chi connectivity index (χ1n) is 6.00. The molecular weight excluding hydrogens is 268 g/mol. The molecule has 0 aliphatic carbocycles. The largest absolute Gasteiger partial charge is 0.461 e. The maximum Gasteiger partial charge on any atom is 0.358 e. The molecule has 19 heavy (non-hydrogen) atoms. The van der Waals surface area contributed by atoms with E-state index in [4.69, 9.17) is 16.3 Å². The zero-order chi connectivity index (χ0) is 14.0. The van der Waals surface area contributed by atoms with Gasteiger partial charge in [-0.2, -0.15) is 0 Å². The highest BCUT2D eigenvalue weighted by atomic mass is 35.5. The lowest BCUT2D eigenvalue weighted by Gasteiger charge is -2.10. The van der Waals surface area contributed by atoms with Crippen molar-refractivity contribution in [3.05, 3.63) is 23.1 Å². The van der Waals surface area contributed by atoms with Crippen molar-refractivity contribution in [1.82, 2.24) is 14.4 Å². The quantitative estimate of drug-likeness (QED) is 0.689. The number of aromatic nitrogens is 3. The number of ether oxygens (including phenoxy) is 1. The summed E-state index contributed by atoms with van der Waals surface area (Å²) in [6.07, 6.45) is 1.58. The fourth-order valence-corrected chi connectivity index (χ4v) is 1.80. The highest BCUT2D eigenvalue weighted by Gasteiger charge is 2.15. The Morgan fingerprint density at radius 2 is 2.26 bits per heavy atom. The van der Waals surface area contributed by atoms with Crippen LogP contribution in [-0.2, 0) is 4.74 Å². The lowest BCUT2D eigenvalue weighted by atomic mass is 10.4. The Morgan fingerprint density at radius 1 is 1.53 bits per heavy atom. The number of halogens is 1. The number of carbonyl (C=O) groups is 1. The number of hydrogen-bond acceptors (Lipinski definition) is 5. The van der Waals surface area contributed by atoms with Gasteiger partial charge < -0.3 is 10.1 Å². The zero-order valence-electron chi connectivity index (χ0n) is 11.0. The second-order valence-corrected chi connectivity index (χ2v) is 4.66. The fraction of sp³-hybridized carbons (Fsp3) is 0.417. The van der Waals surface area contributed by atoms with Crippen molar-refractivity contribution in [2.24, 2.45) is 0 Å². The molecule has 0 bridgehead atoms. The maximum atomic E-state index is 11.7. The molecule has 2 heterocycles. The Kier molecular flexibility index (Phi) is 3.90. The van der Waals surface area contributed by atoms with Crippen LogP contribution in [0.1, 0.15) is 31.3 Å². The SMILES string of the molecule is CCOC(=O)c1cn2c(NC(C)C)nc(Cl)cc2n1. The minimum Gasteiger partial charge on any atom is -0.461 e. The van der Waals surface area contributed by atoms with Crippen LogP contribution in [-0.4, -0.2) is 33.0 Å². The molecule has 0 aliphatic heterocycles. The standard InChI is InChI=1S/C12H15ClN4O2/c1-4-19-11(18)8-6-17-10(15-8)5-9(13)16-12(17)14-7(2)3/h5-7H,4H2,1-3H3,(H,14,16). The molecule has 0 amide bonds. The maximum absolute atomic E-state index is 11.7. The number of nitrogens with one attached hydrogen (secondary N) is 1. The van der Waals surface area contributed by atoms with Gasteiger partial charge in [-0.3, -0.25) is 4.40 Å². The van der Waals surface area contributed by atoms with Crippen molar-refractivity contribution in [2.75, 3.05) is 11.9 Å². The third kappa shape index (κ3) is 2.96. The Morgan fingerprint density at radius 3 is 2.89 bits per heavy atom. The average molecular weight is 283 g/mol. The minimum atomic E-state index is -0.460. The summed E-state index contributed by atoms with van der Waals surface area (Å²) in [7, 11) is 0. The van der Waals surface area contributed by atoms with Crippen LogP contribution in [0.2, 0.25) is 5.15 Å². The van der Waals surface area contributed by atoms with Gasteiger partial charge in [-0.15, -0.1) is 0 Å². The van der Waals surface area contributed by atoms with Crippen molar-refractivity contribution in [3.8, 4) is 0 Å². The highest BCUT2D eigenvalue weighted by Crippen LogP contribution is 2.17. The first kappa shape index (κ1) is 13.6. The van der Waals surface area contributed by atoms with E-state index in [0.717, 1.165) is 0 Å². The molecule has 0 aliphatic rings. The molecule has 0 unspecified atom stereocenters. The predicted molar refractivity (Wildman–Crippen MR) is 72.7 cm³/mol. The van der Waals surface area contributed by atoms with E-state index < -0.39 is 5.97 Å². The van der Waals surface area contributed by atoms with Gasteiger partial charge >= 0.3 is 5.97 Å². The Hall–Kier alpha value is -1.82. The first-order valence-corrected chi connectivity index (χ1v) is 6.38. The van der Waals surface area contributed by atoms with Gasteiger partial charge in [0.05, 0.1) is 6.61 Å². The van der Waals surface area contributed by atoms with E-state index >= 15 is 0 Å². The third-order valence-corrected chi connectivity index (χ3v) is 2.52. The second-order valence-electron chi connectivity index (χ2n) is 4.28. The molecule has 0 fully saturated rings. The van der Waals surface area contributed by atoms with Crippen LogP contribution in [0, 0.1) is 0 Å². The van der Waals surface area contributed by atoms with E-state index in [-0.39, 0.29) is 11.7 Å². The summed E-state index contributed by atoms with van der Waals surface area (Å²) in [5.41, 5.74) is 0.781. The summed E-state index contributed by atoms with van der Waals surface area (Å²) in [6.45, 7) is 6.02. The number of imidazole rings is 1. The van der Waals surface area contributed by atoms with E-state index in [1.807, 2.05) is 13.8 Å². The second kappa shape index (κ2) is 5.44. The molecule has 6 nitrogen and oxygen atoms in total. The van der Waals surface area contributed by atoms with Crippen LogP contribution in [0.15, 0.2) is 12.3 Å². The first-order chi connectivity index (χ1) is 9.01. The highest BCUT2D eigenvalue weighted by molar-refractivity contribution is 6.29. The van der Waals surface area contributed by atoms with Crippen molar-refractivity contribution >= 4 is 29.2 Å². The van der Waals surface area contributed by atoms with Crippen molar-refractivity contribution in [3.63, 3.8) is 0 Å². The molecule has 1 N–H and O–H groups in total. The minimum absolute atomic E-state index is 0.183. The van der Waals surface area contributed by atoms with E-state index in [9.17, 15) is 4.79 Å². The molecule has 2 rings (SSSR count). The van der Waals surface area contributed by atoms with Crippen LogP contribution >= 0.6 is 11.6 Å². The van der Waals surface area contributed by atoms with Crippen molar-refractivity contribution in [2.45, 2.75) is 26.8 Å². The summed E-state index contributed by atoms with van der Waals surface area (Å²) < 4.78 is 6.60. The number of rotatable bonds is 4. The van der Waals surface area contributed by atoms with Gasteiger partial charge in [-0.25, -0.2) is 14.8 Å². The van der Waals surface area contributed by atoms with E-state index in [1.165, 1.54) is 0 Å². The van der Waals surface area contributed by atoms with Gasteiger partial charge in [0, 0.05) is 18.3 Å². The van der Waals surface area contributed by atoms with Crippen LogP contribution in [0.5, 0.6) is 0 Å². The number of nitrogens with zero attached hydrogens (tertiary/aromatic N) is 3. The lowest BCUT2D eigenvalue weighted by Crippen LogP contribution is -2.14. The van der Waals surface area contributed by atoms with Crippen LogP contribution in [0.25, 0.3) is 5.65 Å². The molecule has 0 radical (unpaired) electrons. The average Bonchev–Trinajstić information content (AvgIpc) is 2.72. The van der Waals surface area contributed by atoms with Gasteiger partial charge in [0.1, 0.15) is 10.8 Å². The number of anilines is 1. The number of hydrogen-bond donors (Lipinski definition) is 1. The van der Waals surface area contributed by atoms with E-state index in [2.05, 4.69) is 15.3 Å². The fourth-order valence-electron chi connectivity index (χ4n) is 1.62.